The van der Waals surface area contributed by atoms with E-state index in [1.165, 1.54) is 0 Å². The molecule has 0 saturated carbocycles. The van der Waals surface area contributed by atoms with Crippen LogP contribution in [-0.4, -0.2) is 71.7 Å². The summed E-state index contributed by atoms with van der Waals surface area (Å²) in [5, 5.41) is 0. The average molecular weight is 307 g/mol. The van der Waals surface area contributed by atoms with Crippen LogP contribution < -0.4 is 0 Å². The van der Waals surface area contributed by atoms with Gasteiger partial charge in [0, 0.05) is 59.1 Å². The monoisotopic (exact) mass is 306 g/mol. The van der Waals surface area contributed by atoms with Gasteiger partial charge in [-0.1, -0.05) is 0 Å². The van der Waals surface area contributed by atoms with Crippen molar-refractivity contribution < 1.29 is 13.3 Å². The fourth-order valence-electron chi connectivity index (χ4n) is 1.96. The van der Waals surface area contributed by atoms with E-state index in [4.69, 9.17) is 13.3 Å². The minimum atomic E-state index is -2.35. The summed E-state index contributed by atoms with van der Waals surface area (Å²) < 4.78 is 16.2. The molecular formula is C12H26N2O3SSi. The topological polar surface area (TPSA) is 34.2 Å². The smallest absolute Gasteiger partial charge is 0.377 e. The fraction of sp³-hybridized carbons (Fsp3) is 0.833. The molecule has 1 aliphatic rings. The zero-order valence-electron chi connectivity index (χ0n) is 12.4. The van der Waals surface area contributed by atoms with Crippen LogP contribution in [-0.2, 0) is 13.3 Å². The van der Waals surface area contributed by atoms with Crippen molar-refractivity contribution in [1.29, 1.82) is 0 Å². The normalized spacial score (nSPS) is 15.6. The predicted octanol–water partition coefficient (Wildman–Crippen LogP) is 1.66. The summed E-state index contributed by atoms with van der Waals surface area (Å²) in [5.41, 5.74) is 0. The summed E-state index contributed by atoms with van der Waals surface area (Å²) in [6.07, 6.45) is 5.34. The van der Waals surface area contributed by atoms with Gasteiger partial charge in [-0.05, 0) is 12.2 Å². The Kier molecular flexibility index (Phi) is 7.85. The Bertz CT molecular complexity index is 269. The summed E-state index contributed by atoms with van der Waals surface area (Å²) in [4.78, 5) is 4.51. The molecule has 1 heterocycles. The molecular weight excluding hydrogens is 280 g/mol. The zero-order chi connectivity index (χ0) is 14.1. The Morgan fingerprint density at radius 2 is 1.79 bits per heavy atom. The molecule has 0 fully saturated rings. The lowest BCUT2D eigenvalue weighted by molar-refractivity contribution is 0.123. The third kappa shape index (κ3) is 5.74. The molecule has 7 heteroatoms. The van der Waals surface area contributed by atoms with Gasteiger partial charge in [0.2, 0.25) is 0 Å². The molecule has 0 unspecified atom stereocenters. The van der Waals surface area contributed by atoms with Crippen molar-refractivity contribution in [3.8, 4) is 0 Å². The molecule has 112 valence electrons. The molecule has 0 aliphatic carbocycles. The van der Waals surface area contributed by atoms with Gasteiger partial charge in [0.05, 0.1) is 6.67 Å². The highest BCUT2D eigenvalue weighted by atomic mass is 32.2. The molecule has 0 atom stereocenters. The number of hydrogen-bond donors (Lipinski definition) is 0. The maximum absolute atomic E-state index is 5.40. The highest BCUT2D eigenvalue weighted by molar-refractivity contribution is 7.99. The van der Waals surface area contributed by atoms with Crippen LogP contribution in [0.1, 0.15) is 6.42 Å². The van der Waals surface area contributed by atoms with E-state index < -0.39 is 8.80 Å². The van der Waals surface area contributed by atoms with Gasteiger partial charge in [-0.3, -0.25) is 0 Å². The summed E-state index contributed by atoms with van der Waals surface area (Å²) in [6, 6.07) is 0.885. The third-order valence-electron chi connectivity index (χ3n) is 3.16. The van der Waals surface area contributed by atoms with Crippen LogP contribution in [0, 0.1) is 0 Å². The first-order valence-electron chi connectivity index (χ1n) is 6.51. The molecule has 0 saturated heterocycles. The molecule has 5 nitrogen and oxygen atoms in total. The average Bonchev–Trinajstić information content (AvgIpc) is 2.85. The zero-order valence-corrected chi connectivity index (χ0v) is 14.2. The summed E-state index contributed by atoms with van der Waals surface area (Å²) >= 11 is 1.97. The van der Waals surface area contributed by atoms with Crippen molar-refractivity contribution in [2.75, 3.05) is 53.1 Å². The van der Waals surface area contributed by atoms with Gasteiger partial charge in [-0.15, -0.1) is 0 Å². The second kappa shape index (κ2) is 8.86. The second-order valence-corrected chi connectivity index (χ2v) is 8.84. The third-order valence-corrected chi connectivity index (χ3v) is 7.04. The number of nitrogens with zero attached hydrogens (tertiary/aromatic N) is 2. The molecule has 0 aromatic carbocycles. The first kappa shape index (κ1) is 16.8. The van der Waals surface area contributed by atoms with Crippen molar-refractivity contribution in [3.05, 3.63) is 12.4 Å². The van der Waals surface area contributed by atoms with E-state index in [0.29, 0.717) is 0 Å². The van der Waals surface area contributed by atoms with E-state index in [-0.39, 0.29) is 0 Å². The summed E-state index contributed by atoms with van der Waals surface area (Å²) in [5.74, 6) is 2.28. The van der Waals surface area contributed by atoms with Crippen molar-refractivity contribution in [2.24, 2.45) is 0 Å². The van der Waals surface area contributed by atoms with Crippen molar-refractivity contribution in [3.63, 3.8) is 0 Å². The van der Waals surface area contributed by atoms with E-state index >= 15 is 0 Å². The predicted molar refractivity (Wildman–Crippen MR) is 82.0 cm³/mol. The molecule has 0 aromatic rings. The Balaban J connectivity index is 2.03. The lowest BCUT2D eigenvalue weighted by Crippen LogP contribution is -2.42. The molecule has 1 aliphatic heterocycles. The van der Waals surface area contributed by atoms with Crippen LogP contribution in [0.25, 0.3) is 0 Å². The molecule has 0 radical (unpaired) electrons. The Labute approximate surface area is 122 Å². The fourth-order valence-corrected chi connectivity index (χ4v) is 4.86. The van der Waals surface area contributed by atoms with Gasteiger partial charge in [0.25, 0.3) is 0 Å². The van der Waals surface area contributed by atoms with Crippen LogP contribution in [0.4, 0.5) is 0 Å². The standard InChI is InChI=1S/C12H26N2O3SSi/c1-13-6-7-14(12-13)8-10-18-9-5-11-19(15-2,16-3)17-4/h6-7H,5,8-12H2,1-4H3. The number of hydrogen-bond acceptors (Lipinski definition) is 6. The van der Waals surface area contributed by atoms with E-state index in [1.807, 2.05) is 11.8 Å². The molecule has 0 amide bonds. The van der Waals surface area contributed by atoms with Gasteiger partial charge in [0.15, 0.2) is 0 Å². The molecule has 0 aromatic heterocycles. The SMILES string of the molecule is CO[Si](CCCSCCN1C=CN(C)C1)(OC)OC. The Morgan fingerprint density at radius 1 is 1.11 bits per heavy atom. The van der Waals surface area contributed by atoms with Gasteiger partial charge in [-0.25, -0.2) is 0 Å². The lowest BCUT2D eigenvalue weighted by Gasteiger charge is -2.24. The molecule has 0 spiro atoms. The first-order valence-corrected chi connectivity index (χ1v) is 9.60. The van der Waals surface area contributed by atoms with Crippen LogP contribution >= 0.6 is 11.8 Å². The lowest BCUT2D eigenvalue weighted by atomic mass is 10.6. The van der Waals surface area contributed by atoms with Crippen molar-refractivity contribution in [2.45, 2.75) is 12.5 Å². The van der Waals surface area contributed by atoms with Gasteiger partial charge in [-0.2, -0.15) is 11.8 Å². The minimum absolute atomic E-state index is 0.885. The second-order valence-electron chi connectivity index (χ2n) is 4.52. The maximum Gasteiger partial charge on any atom is 0.500 e. The van der Waals surface area contributed by atoms with Crippen LogP contribution in [0.15, 0.2) is 12.4 Å². The van der Waals surface area contributed by atoms with Crippen LogP contribution in [0.5, 0.6) is 0 Å². The largest absolute Gasteiger partial charge is 0.500 e. The van der Waals surface area contributed by atoms with Crippen LogP contribution in [0.2, 0.25) is 6.04 Å². The Hall–Kier alpha value is -0.213. The highest BCUT2D eigenvalue weighted by Crippen LogP contribution is 2.17. The van der Waals surface area contributed by atoms with Crippen LogP contribution in [0.3, 0.4) is 0 Å². The molecule has 0 bridgehead atoms. The summed E-state index contributed by atoms with van der Waals surface area (Å²) in [7, 11) is 4.75. The molecule has 19 heavy (non-hydrogen) atoms. The minimum Gasteiger partial charge on any atom is -0.377 e. The first-order chi connectivity index (χ1) is 9.15. The van der Waals surface area contributed by atoms with Crippen molar-refractivity contribution >= 4 is 20.6 Å². The molecule has 1 rings (SSSR count). The van der Waals surface area contributed by atoms with E-state index in [2.05, 4.69) is 29.2 Å². The van der Waals surface area contributed by atoms with Gasteiger partial charge >= 0.3 is 8.80 Å². The summed E-state index contributed by atoms with van der Waals surface area (Å²) in [6.45, 7) is 2.11. The number of rotatable bonds is 10. The number of thioether (sulfide) groups is 1. The van der Waals surface area contributed by atoms with Crippen molar-refractivity contribution in [1.82, 2.24) is 9.80 Å². The molecule has 0 N–H and O–H groups in total. The highest BCUT2D eigenvalue weighted by Gasteiger charge is 2.36. The Morgan fingerprint density at radius 3 is 2.32 bits per heavy atom. The quantitative estimate of drug-likeness (QED) is 0.451. The maximum atomic E-state index is 5.40. The van der Waals surface area contributed by atoms with E-state index in [0.717, 1.165) is 37.2 Å². The van der Waals surface area contributed by atoms with Gasteiger partial charge in [0.1, 0.15) is 0 Å². The van der Waals surface area contributed by atoms with E-state index in [1.54, 1.807) is 21.3 Å². The van der Waals surface area contributed by atoms with E-state index in [9.17, 15) is 0 Å². The van der Waals surface area contributed by atoms with Gasteiger partial charge < -0.3 is 23.1 Å².